The fourth-order valence-electron chi connectivity index (χ4n) is 0.386. The lowest BCUT2D eigenvalue weighted by Gasteiger charge is -1.78. The van der Waals surface area contributed by atoms with Gasteiger partial charge in [0.05, 0.1) is 6.26 Å². The Hall–Kier alpha value is -0.720. The summed E-state index contributed by atoms with van der Waals surface area (Å²) < 4.78 is 4.80. The quantitative estimate of drug-likeness (QED) is 0.513. The van der Waals surface area contributed by atoms with Crippen LogP contribution in [-0.4, -0.2) is 0 Å². The molecule has 0 spiro atoms. The van der Waals surface area contributed by atoms with E-state index in [1.807, 2.05) is 0 Å². The van der Waals surface area contributed by atoms with E-state index in [0.29, 0.717) is 5.76 Å². The summed E-state index contributed by atoms with van der Waals surface area (Å²) in [4.78, 5) is 0. The molecule has 0 bridgehead atoms. The Kier molecular flexibility index (Phi) is 1.16. The first kappa shape index (κ1) is 4.44. The maximum absolute atomic E-state index is 5.08. The Morgan fingerprint density at radius 1 is 1.71 bits per heavy atom. The van der Waals surface area contributed by atoms with E-state index < -0.39 is 0 Å². The zero-order valence-corrected chi connectivity index (χ0v) is 3.79. The second-order valence-corrected chi connectivity index (χ2v) is 1.18. The summed E-state index contributed by atoms with van der Waals surface area (Å²) in [5.74, 6) is 0.708. The number of hydrogen-bond acceptors (Lipinski definition) is 1. The van der Waals surface area contributed by atoms with Crippen molar-refractivity contribution >= 4 is 0 Å². The van der Waals surface area contributed by atoms with Crippen LogP contribution in [0.4, 0.5) is 0 Å². The minimum absolute atomic E-state index is 0.708. The van der Waals surface area contributed by atoms with Crippen LogP contribution < -0.4 is 0 Å². The molecular weight excluding hydrogens is 88.1 g/mol. The molecule has 0 unspecified atom stereocenters. The SMILES string of the molecule is [CH][CH]c1ccco1. The second-order valence-electron chi connectivity index (χ2n) is 1.18. The van der Waals surface area contributed by atoms with Gasteiger partial charge in [-0.15, -0.1) is 0 Å². The van der Waals surface area contributed by atoms with E-state index in [4.69, 9.17) is 11.3 Å². The predicted octanol–water partition coefficient (Wildman–Crippen LogP) is 1.54. The van der Waals surface area contributed by atoms with Crippen LogP contribution in [0.1, 0.15) is 5.76 Å². The Morgan fingerprint density at radius 2 is 2.57 bits per heavy atom. The maximum Gasteiger partial charge on any atom is 0.107 e. The highest BCUT2D eigenvalue weighted by Gasteiger charge is 1.85. The van der Waals surface area contributed by atoms with Gasteiger partial charge in [-0.25, -0.2) is 0 Å². The van der Waals surface area contributed by atoms with Gasteiger partial charge in [0.1, 0.15) is 5.76 Å². The summed E-state index contributed by atoms with van der Waals surface area (Å²) >= 11 is 0. The fourth-order valence-corrected chi connectivity index (χ4v) is 0.386. The van der Waals surface area contributed by atoms with Crippen molar-refractivity contribution < 1.29 is 4.42 Å². The van der Waals surface area contributed by atoms with Crippen molar-refractivity contribution in [3.63, 3.8) is 0 Å². The molecule has 0 saturated heterocycles. The minimum Gasteiger partial charge on any atom is -0.469 e. The molecule has 0 amide bonds. The molecule has 7 heavy (non-hydrogen) atoms. The summed E-state index contributed by atoms with van der Waals surface area (Å²) in [6.07, 6.45) is 3.00. The predicted molar refractivity (Wildman–Crippen MR) is 26.4 cm³/mol. The Morgan fingerprint density at radius 3 is 2.86 bits per heavy atom. The van der Waals surface area contributed by atoms with E-state index in [2.05, 4.69) is 0 Å². The standard InChI is InChI=1S/C6H5O/c1-2-6-4-3-5-7-6/h1-5H. The van der Waals surface area contributed by atoms with Gasteiger partial charge in [-0.3, -0.25) is 0 Å². The van der Waals surface area contributed by atoms with Crippen LogP contribution in [0.25, 0.3) is 0 Å². The monoisotopic (exact) mass is 93.0 g/mol. The average molecular weight is 93.1 g/mol. The molecule has 0 saturated carbocycles. The zero-order chi connectivity index (χ0) is 5.11. The molecule has 1 heterocycles. The molecule has 1 heteroatoms. The van der Waals surface area contributed by atoms with Gasteiger partial charge in [0.25, 0.3) is 0 Å². The fraction of sp³-hybridized carbons (Fsp3) is 0. The lowest BCUT2D eigenvalue weighted by molar-refractivity contribution is 0.543. The number of furan rings is 1. The molecule has 1 aromatic rings. The molecule has 0 fully saturated rings. The van der Waals surface area contributed by atoms with E-state index in [-0.39, 0.29) is 0 Å². The van der Waals surface area contributed by atoms with Gasteiger partial charge >= 0.3 is 0 Å². The summed E-state index contributed by atoms with van der Waals surface area (Å²) in [7, 11) is 0. The van der Waals surface area contributed by atoms with Gasteiger partial charge in [0, 0.05) is 6.42 Å². The first-order valence-corrected chi connectivity index (χ1v) is 2.02. The highest BCUT2D eigenvalue weighted by atomic mass is 16.3. The first-order valence-electron chi connectivity index (χ1n) is 2.02. The van der Waals surface area contributed by atoms with Gasteiger partial charge < -0.3 is 4.42 Å². The van der Waals surface area contributed by atoms with Crippen molar-refractivity contribution in [1.29, 1.82) is 0 Å². The largest absolute Gasteiger partial charge is 0.469 e. The molecule has 1 nitrogen and oxygen atoms in total. The molecule has 0 aliphatic carbocycles. The third kappa shape index (κ3) is 0.829. The zero-order valence-electron chi connectivity index (χ0n) is 3.79. The van der Waals surface area contributed by atoms with Crippen molar-refractivity contribution in [3.8, 4) is 0 Å². The van der Waals surface area contributed by atoms with Crippen molar-refractivity contribution in [3.05, 3.63) is 37.5 Å². The molecule has 0 aliphatic rings. The van der Waals surface area contributed by atoms with Gasteiger partial charge in [-0.05, 0) is 19.1 Å². The topological polar surface area (TPSA) is 13.1 Å². The van der Waals surface area contributed by atoms with Crippen LogP contribution in [0.2, 0.25) is 0 Å². The van der Waals surface area contributed by atoms with Crippen molar-refractivity contribution in [1.82, 2.24) is 0 Å². The third-order valence-corrected chi connectivity index (χ3v) is 0.707. The summed E-state index contributed by atoms with van der Waals surface area (Å²) in [6, 6.07) is 3.58. The maximum atomic E-state index is 5.08. The van der Waals surface area contributed by atoms with Crippen LogP contribution >= 0.6 is 0 Å². The van der Waals surface area contributed by atoms with Crippen molar-refractivity contribution in [2.24, 2.45) is 0 Å². The van der Waals surface area contributed by atoms with Gasteiger partial charge in [0.2, 0.25) is 0 Å². The highest BCUT2D eigenvalue weighted by Crippen LogP contribution is 1.99. The summed E-state index contributed by atoms with van der Waals surface area (Å²) in [5.41, 5.74) is 0. The number of hydrogen-bond donors (Lipinski definition) is 0. The smallest absolute Gasteiger partial charge is 0.107 e. The van der Waals surface area contributed by atoms with Crippen LogP contribution in [0, 0.1) is 13.3 Å². The lowest BCUT2D eigenvalue weighted by Crippen LogP contribution is -1.63. The number of rotatable bonds is 1. The van der Waals surface area contributed by atoms with Crippen molar-refractivity contribution in [2.45, 2.75) is 0 Å². The Bertz CT molecular complexity index is 119. The minimum atomic E-state index is 0.708. The van der Waals surface area contributed by atoms with E-state index in [1.54, 1.807) is 18.4 Å². The second kappa shape index (κ2) is 1.82. The van der Waals surface area contributed by atoms with E-state index >= 15 is 0 Å². The van der Waals surface area contributed by atoms with Gasteiger partial charge in [-0.1, -0.05) is 0 Å². The highest BCUT2D eigenvalue weighted by molar-refractivity contribution is 5.09. The van der Waals surface area contributed by atoms with Crippen molar-refractivity contribution in [2.75, 3.05) is 0 Å². The molecule has 1 rings (SSSR count). The normalized spacial score (nSPS) is 9.29. The molecule has 1 aromatic heterocycles. The first-order chi connectivity index (χ1) is 3.43. The van der Waals surface area contributed by atoms with Crippen LogP contribution in [0.15, 0.2) is 22.8 Å². The van der Waals surface area contributed by atoms with Gasteiger partial charge in [-0.2, -0.15) is 0 Å². The molecular formula is C6H5O. The summed E-state index contributed by atoms with van der Waals surface area (Å²) in [6.45, 7) is 5.08. The van der Waals surface area contributed by atoms with Crippen LogP contribution in [0.5, 0.6) is 0 Å². The third-order valence-electron chi connectivity index (χ3n) is 0.707. The van der Waals surface area contributed by atoms with E-state index in [0.717, 1.165) is 0 Å². The summed E-state index contributed by atoms with van der Waals surface area (Å²) in [5, 5.41) is 0. The lowest BCUT2D eigenvalue weighted by atomic mass is 10.4. The van der Waals surface area contributed by atoms with E-state index in [9.17, 15) is 0 Å². The molecule has 0 N–H and O–H groups in total. The Labute approximate surface area is 43.0 Å². The van der Waals surface area contributed by atoms with Gasteiger partial charge in [0.15, 0.2) is 0 Å². The Balaban J connectivity index is 2.76. The van der Waals surface area contributed by atoms with Crippen LogP contribution in [0.3, 0.4) is 0 Å². The van der Waals surface area contributed by atoms with E-state index in [1.165, 1.54) is 6.42 Å². The molecule has 0 atom stereocenters. The molecule has 0 aromatic carbocycles. The average Bonchev–Trinajstić information content (AvgIpc) is 2.14. The molecule has 35 valence electrons. The molecule has 3 radical (unpaired) electrons. The van der Waals surface area contributed by atoms with Crippen LogP contribution in [-0.2, 0) is 0 Å². The molecule has 0 aliphatic heterocycles.